The van der Waals surface area contributed by atoms with Crippen LogP contribution in [0.1, 0.15) is 0 Å². The van der Waals surface area contributed by atoms with E-state index in [2.05, 4.69) is 6.07 Å². The lowest BCUT2D eigenvalue weighted by atomic mass is 10.1. The highest BCUT2D eigenvalue weighted by molar-refractivity contribution is 6.33. The van der Waals surface area contributed by atoms with Crippen LogP contribution >= 0.6 is 11.6 Å². The normalized spacial score (nSPS) is 9.92. The van der Waals surface area contributed by atoms with E-state index in [1.807, 2.05) is 48.5 Å². The molecule has 0 aliphatic heterocycles. The molecule has 0 nitrogen and oxygen atoms in total. The van der Waals surface area contributed by atoms with Crippen LogP contribution < -0.4 is 0 Å². The maximum atomic E-state index is 6.03. The molecule has 2 aromatic carbocycles. The lowest BCUT2D eigenvalue weighted by molar-refractivity contribution is 1.61. The Morgan fingerprint density at radius 3 is 2.38 bits per heavy atom. The van der Waals surface area contributed by atoms with E-state index in [9.17, 15) is 0 Å². The Morgan fingerprint density at radius 2 is 1.69 bits per heavy atom. The molecule has 0 spiro atoms. The molecule has 1 radical (unpaired) electrons. The number of hydrogen-bond acceptors (Lipinski definition) is 0. The average molecular weight is 188 g/mol. The van der Waals surface area contributed by atoms with Gasteiger partial charge in [0.05, 0.1) is 0 Å². The van der Waals surface area contributed by atoms with Gasteiger partial charge in [-0.3, -0.25) is 0 Å². The van der Waals surface area contributed by atoms with Crippen molar-refractivity contribution in [3.63, 3.8) is 0 Å². The minimum Gasteiger partial charge on any atom is -0.0836 e. The van der Waals surface area contributed by atoms with E-state index in [0.717, 1.165) is 16.1 Å². The Hall–Kier alpha value is -1.27. The molecular weight excluding hydrogens is 180 g/mol. The third-order valence-corrected chi connectivity index (χ3v) is 2.18. The Bertz CT molecular complexity index is 393. The van der Waals surface area contributed by atoms with Gasteiger partial charge in [-0.15, -0.1) is 0 Å². The van der Waals surface area contributed by atoms with Crippen LogP contribution in [0.3, 0.4) is 0 Å². The smallest absolute Gasteiger partial charge is 0.0490 e. The van der Waals surface area contributed by atoms with E-state index >= 15 is 0 Å². The molecule has 0 aliphatic carbocycles. The monoisotopic (exact) mass is 187 g/mol. The fourth-order valence-corrected chi connectivity index (χ4v) is 1.48. The lowest BCUT2D eigenvalue weighted by Gasteiger charge is -2.01. The first-order chi connectivity index (χ1) is 6.38. The van der Waals surface area contributed by atoms with Gasteiger partial charge < -0.3 is 0 Å². The molecule has 0 saturated heterocycles. The Morgan fingerprint density at radius 1 is 0.923 bits per heavy atom. The van der Waals surface area contributed by atoms with Gasteiger partial charge in [0, 0.05) is 10.6 Å². The third kappa shape index (κ3) is 1.73. The van der Waals surface area contributed by atoms with Gasteiger partial charge in [-0.05, 0) is 17.7 Å². The van der Waals surface area contributed by atoms with Crippen molar-refractivity contribution in [3.05, 3.63) is 59.6 Å². The summed E-state index contributed by atoms with van der Waals surface area (Å²) in [6.07, 6.45) is 0. The van der Waals surface area contributed by atoms with Crippen molar-refractivity contribution in [3.8, 4) is 11.1 Å². The molecule has 0 saturated carbocycles. The minimum absolute atomic E-state index is 0.744. The second-order valence-corrected chi connectivity index (χ2v) is 3.17. The van der Waals surface area contributed by atoms with Crippen molar-refractivity contribution < 1.29 is 0 Å². The van der Waals surface area contributed by atoms with Gasteiger partial charge in [0.2, 0.25) is 0 Å². The molecule has 0 N–H and O–H groups in total. The van der Waals surface area contributed by atoms with Crippen LogP contribution in [0.25, 0.3) is 11.1 Å². The predicted molar refractivity (Wildman–Crippen MR) is 55.7 cm³/mol. The summed E-state index contributed by atoms with van der Waals surface area (Å²) in [4.78, 5) is 0. The predicted octanol–water partition coefficient (Wildman–Crippen LogP) is 3.81. The minimum atomic E-state index is 0.744. The fraction of sp³-hybridized carbons (Fsp3) is 0. The van der Waals surface area contributed by atoms with Crippen LogP contribution in [-0.2, 0) is 0 Å². The van der Waals surface area contributed by atoms with Gasteiger partial charge in [-0.2, -0.15) is 0 Å². The average Bonchev–Trinajstić information content (AvgIpc) is 2.20. The first-order valence-electron chi connectivity index (χ1n) is 4.09. The van der Waals surface area contributed by atoms with Crippen LogP contribution in [0.4, 0.5) is 0 Å². The summed E-state index contributed by atoms with van der Waals surface area (Å²) in [6, 6.07) is 18.8. The zero-order valence-electron chi connectivity index (χ0n) is 7.00. The molecule has 13 heavy (non-hydrogen) atoms. The summed E-state index contributed by atoms with van der Waals surface area (Å²) in [5.74, 6) is 0. The lowest BCUT2D eigenvalue weighted by Crippen LogP contribution is -1.77. The molecular formula is C12H8Cl. The van der Waals surface area contributed by atoms with Crippen molar-refractivity contribution >= 4 is 11.6 Å². The standard InChI is InChI=1S/C12H8Cl/c13-12-9-5-4-8-11(12)10-6-2-1-3-7-10/h1-7,9H. The summed E-state index contributed by atoms with van der Waals surface area (Å²) in [6.45, 7) is 0. The first-order valence-corrected chi connectivity index (χ1v) is 4.47. The van der Waals surface area contributed by atoms with Crippen molar-refractivity contribution in [2.24, 2.45) is 0 Å². The molecule has 63 valence electrons. The van der Waals surface area contributed by atoms with Crippen molar-refractivity contribution in [2.45, 2.75) is 0 Å². The summed E-state index contributed by atoms with van der Waals surface area (Å²) in [5, 5.41) is 0.744. The van der Waals surface area contributed by atoms with Crippen molar-refractivity contribution in [1.29, 1.82) is 0 Å². The Balaban J connectivity index is 2.54. The topological polar surface area (TPSA) is 0 Å². The zero-order valence-corrected chi connectivity index (χ0v) is 7.75. The molecule has 2 aromatic rings. The highest BCUT2D eigenvalue weighted by Gasteiger charge is 2.00. The van der Waals surface area contributed by atoms with Gasteiger partial charge in [0.1, 0.15) is 0 Å². The molecule has 0 atom stereocenters. The van der Waals surface area contributed by atoms with E-state index in [0.29, 0.717) is 0 Å². The maximum Gasteiger partial charge on any atom is 0.0490 e. The molecule has 0 bridgehead atoms. The maximum absolute atomic E-state index is 6.03. The van der Waals surface area contributed by atoms with Gasteiger partial charge in [-0.25, -0.2) is 0 Å². The summed E-state index contributed by atoms with van der Waals surface area (Å²) < 4.78 is 0. The highest BCUT2D eigenvalue weighted by atomic mass is 35.5. The number of rotatable bonds is 1. The molecule has 0 unspecified atom stereocenters. The summed E-state index contributed by atoms with van der Waals surface area (Å²) in [7, 11) is 0. The number of halogens is 1. The quantitative estimate of drug-likeness (QED) is 0.637. The summed E-state index contributed by atoms with van der Waals surface area (Å²) in [5.41, 5.74) is 2.07. The zero-order chi connectivity index (χ0) is 9.10. The second-order valence-electron chi connectivity index (χ2n) is 2.76. The van der Waals surface area contributed by atoms with Crippen LogP contribution in [0, 0.1) is 6.07 Å². The van der Waals surface area contributed by atoms with Gasteiger partial charge in [0.25, 0.3) is 0 Å². The van der Waals surface area contributed by atoms with E-state index in [1.54, 1.807) is 0 Å². The molecule has 0 aliphatic rings. The second kappa shape index (κ2) is 3.63. The van der Waals surface area contributed by atoms with Gasteiger partial charge >= 0.3 is 0 Å². The summed E-state index contributed by atoms with van der Waals surface area (Å²) >= 11 is 6.03. The van der Waals surface area contributed by atoms with Gasteiger partial charge in [-0.1, -0.05) is 54.1 Å². The molecule has 1 heteroatoms. The molecule has 0 fully saturated rings. The fourth-order valence-electron chi connectivity index (χ4n) is 1.24. The van der Waals surface area contributed by atoms with Crippen LogP contribution in [0.5, 0.6) is 0 Å². The van der Waals surface area contributed by atoms with Crippen LogP contribution in [-0.4, -0.2) is 0 Å². The molecule has 2 rings (SSSR count). The van der Waals surface area contributed by atoms with Gasteiger partial charge in [0.15, 0.2) is 0 Å². The first kappa shape index (κ1) is 8.33. The molecule has 0 amide bonds. The number of benzene rings is 2. The number of hydrogen-bond donors (Lipinski definition) is 0. The van der Waals surface area contributed by atoms with Crippen molar-refractivity contribution in [1.82, 2.24) is 0 Å². The van der Waals surface area contributed by atoms with E-state index in [4.69, 9.17) is 11.6 Å². The van der Waals surface area contributed by atoms with E-state index in [1.165, 1.54) is 0 Å². The van der Waals surface area contributed by atoms with E-state index in [-0.39, 0.29) is 0 Å². The Kier molecular flexibility index (Phi) is 2.33. The van der Waals surface area contributed by atoms with Crippen molar-refractivity contribution in [2.75, 3.05) is 0 Å². The molecule has 0 heterocycles. The van der Waals surface area contributed by atoms with E-state index < -0.39 is 0 Å². The SMILES string of the molecule is Clc1ccc[c]c1-c1ccccc1. The van der Waals surface area contributed by atoms with Crippen LogP contribution in [0.15, 0.2) is 48.5 Å². The molecule has 0 aromatic heterocycles. The Labute approximate surface area is 82.8 Å². The highest BCUT2D eigenvalue weighted by Crippen LogP contribution is 2.26. The third-order valence-electron chi connectivity index (χ3n) is 1.87. The largest absolute Gasteiger partial charge is 0.0836 e. The van der Waals surface area contributed by atoms with Crippen LogP contribution in [0.2, 0.25) is 5.02 Å².